The van der Waals surface area contributed by atoms with E-state index in [0.717, 1.165) is 26.1 Å². The normalized spacial score (nSPS) is 24.4. The van der Waals surface area contributed by atoms with Crippen molar-refractivity contribution in [3.8, 4) is 0 Å². The van der Waals surface area contributed by atoms with Crippen LogP contribution in [0.4, 0.5) is 0 Å². The number of hydrogen-bond acceptors (Lipinski definition) is 3. The van der Waals surface area contributed by atoms with Crippen LogP contribution >= 0.6 is 0 Å². The number of ether oxygens (including phenoxy) is 1. The van der Waals surface area contributed by atoms with Gasteiger partial charge in [0.05, 0.1) is 6.54 Å². The SMILES string of the molecule is Cc1ccc(C2NCC(=O)N2C2CCOCC2)c(C)c1. The van der Waals surface area contributed by atoms with Gasteiger partial charge in [-0.1, -0.05) is 23.8 Å². The molecule has 108 valence electrons. The van der Waals surface area contributed by atoms with Gasteiger partial charge in [0.2, 0.25) is 5.91 Å². The number of amides is 1. The van der Waals surface area contributed by atoms with Gasteiger partial charge in [-0.25, -0.2) is 0 Å². The van der Waals surface area contributed by atoms with Crippen LogP contribution < -0.4 is 5.32 Å². The summed E-state index contributed by atoms with van der Waals surface area (Å²) < 4.78 is 5.42. The summed E-state index contributed by atoms with van der Waals surface area (Å²) in [4.78, 5) is 14.3. The highest BCUT2D eigenvalue weighted by Crippen LogP contribution is 2.30. The Bertz CT molecular complexity index is 509. The van der Waals surface area contributed by atoms with Crippen LogP contribution in [0.5, 0.6) is 0 Å². The Morgan fingerprint density at radius 1 is 1.25 bits per heavy atom. The van der Waals surface area contributed by atoms with E-state index < -0.39 is 0 Å². The summed E-state index contributed by atoms with van der Waals surface area (Å²) in [5, 5.41) is 3.37. The number of carbonyl (C=O) groups excluding carboxylic acids is 1. The van der Waals surface area contributed by atoms with Crippen LogP contribution in [0.25, 0.3) is 0 Å². The highest BCUT2D eigenvalue weighted by atomic mass is 16.5. The molecule has 0 radical (unpaired) electrons. The molecular formula is C16H22N2O2. The molecule has 2 heterocycles. The third-order valence-electron chi connectivity index (χ3n) is 4.32. The van der Waals surface area contributed by atoms with Crippen LogP contribution in [0.2, 0.25) is 0 Å². The van der Waals surface area contributed by atoms with Crippen LogP contribution in [0.3, 0.4) is 0 Å². The summed E-state index contributed by atoms with van der Waals surface area (Å²) in [7, 11) is 0. The molecule has 4 nitrogen and oxygen atoms in total. The molecule has 2 saturated heterocycles. The first-order chi connectivity index (χ1) is 9.66. The van der Waals surface area contributed by atoms with Crippen LogP contribution in [0.15, 0.2) is 18.2 Å². The summed E-state index contributed by atoms with van der Waals surface area (Å²) in [5.41, 5.74) is 3.72. The first-order valence-corrected chi connectivity index (χ1v) is 7.36. The summed E-state index contributed by atoms with van der Waals surface area (Å²) in [6.45, 7) is 6.17. The molecule has 2 aliphatic rings. The molecule has 4 heteroatoms. The number of carbonyl (C=O) groups is 1. The first kappa shape index (κ1) is 13.6. The van der Waals surface area contributed by atoms with E-state index in [1.54, 1.807) is 0 Å². The first-order valence-electron chi connectivity index (χ1n) is 7.36. The monoisotopic (exact) mass is 274 g/mol. The molecule has 0 aromatic heterocycles. The van der Waals surface area contributed by atoms with Gasteiger partial charge >= 0.3 is 0 Å². The highest BCUT2D eigenvalue weighted by molar-refractivity contribution is 5.81. The van der Waals surface area contributed by atoms with Crippen molar-refractivity contribution in [1.29, 1.82) is 0 Å². The van der Waals surface area contributed by atoms with Crippen molar-refractivity contribution in [2.75, 3.05) is 19.8 Å². The molecule has 2 fully saturated rings. The Hall–Kier alpha value is -1.39. The maximum absolute atomic E-state index is 12.3. The van der Waals surface area contributed by atoms with E-state index in [9.17, 15) is 4.79 Å². The van der Waals surface area contributed by atoms with Gasteiger partial charge in [-0.3, -0.25) is 10.1 Å². The molecule has 2 aliphatic heterocycles. The molecular weight excluding hydrogens is 252 g/mol. The van der Waals surface area contributed by atoms with E-state index in [0.29, 0.717) is 12.6 Å². The lowest BCUT2D eigenvalue weighted by Gasteiger charge is -2.35. The van der Waals surface area contributed by atoms with E-state index in [1.807, 2.05) is 4.90 Å². The Morgan fingerprint density at radius 3 is 2.70 bits per heavy atom. The van der Waals surface area contributed by atoms with Crippen molar-refractivity contribution in [1.82, 2.24) is 10.2 Å². The van der Waals surface area contributed by atoms with E-state index >= 15 is 0 Å². The van der Waals surface area contributed by atoms with Crippen molar-refractivity contribution in [2.45, 2.75) is 38.9 Å². The minimum atomic E-state index is 0.0196. The van der Waals surface area contributed by atoms with Crippen LogP contribution in [-0.4, -0.2) is 36.6 Å². The number of benzene rings is 1. The molecule has 1 atom stereocenters. The van der Waals surface area contributed by atoms with E-state index in [1.165, 1.54) is 16.7 Å². The topological polar surface area (TPSA) is 41.6 Å². The Kier molecular flexibility index (Phi) is 3.76. The van der Waals surface area contributed by atoms with Crippen molar-refractivity contribution < 1.29 is 9.53 Å². The summed E-state index contributed by atoms with van der Waals surface area (Å²) in [6.07, 6.45) is 1.90. The van der Waals surface area contributed by atoms with Crippen LogP contribution in [-0.2, 0) is 9.53 Å². The lowest BCUT2D eigenvalue weighted by molar-refractivity contribution is -0.132. The summed E-state index contributed by atoms with van der Waals surface area (Å²) >= 11 is 0. The second-order valence-electron chi connectivity index (χ2n) is 5.79. The minimum Gasteiger partial charge on any atom is -0.381 e. The molecule has 1 aromatic carbocycles. The number of rotatable bonds is 2. The van der Waals surface area contributed by atoms with Gasteiger partial charge in [0, 0.05) is 19.3 Å². The minimum absolute atomic E-state index is 0.0196. The van der Waals surface area contributed by atoms with Gasteiger partial charge in [0.25, 0.3) is 0 Å². The number of nitrogens with zero attached hydrogens (tertiary/aromatic N) is 1. The fourth-order valence-corrected chi connectivity index (χ4v) is 3.29. The van der Waals surface area contributed by atoms with Crippen molar-refractivity contribution in [3.05, 3.63) is 34.9 Å². The summed E-state index contributed by atoms with van der Waals surface area (Å²) in [6, 6.07) is 6.75. The Morgan fingerprint density at radius 2 is 2.00 bits per heavy atom. The third kappa shape index (κ3) is 2.45. The van der Waals surface area contributed by atoms with Gasteiger partial charge in [-0.2, -0.15) is 0 Å². The smallest absolute Gasteiger partial charge is 0.238 e. The number of aryl methyl sites for hydroxylation is 2. The largest absolute Gasteiger partial charge is 0.381 e. The average Bonchev–Trinajstić information content (AvgIpc) is 2.81. The lowest BCUT2D eigenvalue weighted by atomic mass is 10.0. The lowest BCUT2D eigenvalue weighted by Crippen LogP contribution is -2.43. The molecule has 0 saturated carbocycles. The molecule has 0 aliphatic carbocycles. The van der Waals surface area contributed by atoms with E-state index in [-0.39, 0.29) is 12.1 Å². The van der Waals surface area contributed by atoms with Crippen LogP contribution in [0, 0.1) is 13.8 Å². The molecule has 1 N–H and O–H groups in total. The molecule has 1 amide bonds. The van der Waals surface area contributed by atoms with E-state index in [4.69, 9.17) is 4.74 Å². The fourth-order valence-electron chi connectivity index (χ4n) is 3.29. The third-order valence-corrected chi connectivity index (χ3v) is 4.32. The highest BCUT2D eigenvalue weighted by Gasteiger charge is 2.37. The number of nitrogens with one attached hydrogen (secondary N) is 1. The second-order valence-corrected chi connectivity index (χ2v) is 5.79. The predicted octanol–water partition coefficient (Wildman–Crippen LogP) is 1.91. The number of hydrogen-bond donors (Lipinski definition) is 1. The zero-order valence-electron chi connectivity index (χ0n) is 12.2. The Labute approximate surface area is 120 Å². The van der Waals surface area contributed by atoms with Gasteiger partial charge in [0.15, 0.2) is 0 Å². The molecule has 1 unspecified atom stereocenters. The average molecular weight is 274 g/mol. The molecule has 1 aromatic rings. The standard InChI is InChI=1S/C16H22N2O2/c1-11-3-4-14(12(2)9-11)16-17-10-15(19)18(16)13-5-7-20-8-6-13/h3-4,9,13,16-17H,5-8,10H2,1-2H3. The fraction of sp³-hybridized carbons (Fsp3) is 0.562. The molecule has 0 bridgehead atoms. The van der Waals surface area contributed by atoms with Gasteiger partial charge in [0.1, 0.15) is 6.17 Å². The van der Waals surface area contributed by atoms with Crippen LogP contribution in [0.1, 0.15) is 35.7 Å². The van der Waals surface area contributed by atoms with Crippen molar-refractivity contribution in [3.63, 3.8) is 0 Å². The second kappa shape index (κ2) is 5.54. The Balaban J connectivity index is 1.88. The van der Waals surface area contributed by atoms with Gasteiger partial charge in [-0.15, -0.1) is 0 Å². The molecule has 0 spiro atoms. The van der Waals surface area contributed by atoms with Crippen molar-refractivity contribution >= 4 is 5.91 Å². The summed E-state index contributed by atoms with van der Waals surface area (Å²) in [5.74, 6) is 0.210. The maximum Gasteiger partial charge on any atom is 0.238 e. The van der Waals surface area contributed by atoms with Crippen molar-refractivity contribution in [2.24, 2.45) is 0 Å². The van der Waals surface area contributed by atoms with E-state index in [2.05, 4.69) is 37.4 Å². The molecule has 3 rings (SSSR count). The molecule has 20 heavy (non-hydrogen) atoms. The zero-order chi connectivity index (χ0) is 14.1. The quantitative estimate of drug-likeness (QED) is 0.896. The van der Waals surface area contributed by atoms with Gasteiger partial charge in [-0.05, 0) is 37.8 Å². The maximum atomic E-state index is 12.3. The van der Waals surface area contributed by atoms with Gasteiger partial charge < -0.3 is 9.64 Å². The predicted molar refractivity (Wildman–Crippen MR) is 77.3 cm³/mol. The zero-order valence-corrected chi connectivity index (χ0v) is 12.2.